The van der Waals surface area contributed by atoms with Crippen molar-refractivity contribution in [3.8, 4) is 0 Å². The summed E-state index contributed by atoms with van der Waals surface area (Å²) in [6.45, 7) is 1.85. The van der Waals surface area contributed by atoms with Crippen LogP contribution in [0.5, 0.6) is 0 Å². The van der Waals surface area contributed by atoms with Gasteiger partial charge in [0.1, 0.15) is 0 Å². The summed E-state index contributed by atoms with van der Waals surface area (Å²) in [6.07, 6.45) is 3.08. The minimum atomic E-state index is -0.0535. The van der Waals surface area contributed by atoms with Gasteiger partial charge in [-0.05, 0) is 61.1 Å². The van der Waals surface area contributed by atoms with Gasteiger partial charge < -0.3 is 9.80 Å². The number of fused-ring (bicyclic) bond motifs is 1. The average Bonchev–Trinajstić information content (AvgIpc) is 3.01. The first-order chi connectivity index (χ1) is 12.1. The SMILES string of the molecule is CN1CC[C@@H]2[C@H]1CCCN2C(=O)c1cc(CN=[N+]=[N-])cc(N=[N+]=[N-])c1. The number of hydrogen-bond acceptors (Lipinski definition) is 4. The summed E-state index contributed by atoms with van der Waals surface area (Å²) in [5, 5.41) is 7.14. The molecule has 3 rings (SSSR count). The molecule has 2 saturated heterocycles. The summed E-state index contributed by atoms with van der Waals surface area (Å²) in [5.74, 6) is -0.0535. The molecular formula is C16H20N8O. The average molecular weight is 340 g/mol. The Morgan fingerprint density at radius 3 is 2.80 bits per heavy atom. The summed E-state index contributed by atoms with van der Waals surface area (Å²) < 4.78 is 0. The van der Waals surface area contributed by atoms with Crippen molar-refractivity contribution in [2.24, 2.45) is 10.2 Å². The number of rotatable bonds is 4. The molecule has 2 heterocycles. The number of hydrogen-bond donors (Lipinski definition) is 0. The highest BCUT2D eigenvalue weighted by Crippen LogP contribution is 2.31. The highest BCUT2D eigenvalue weighted by Gasteiger charge is 2.40. The molecule has 0 unspecified atom stereocenters. The minimum absolute atomic E-state index is 0.0535. The Morgan fingerprint density at radius 1 is 1.20 bits per heavy atom. The van der Waals surface area contributed by atoms with Crippen molar-refractivity contribution in [2.45, 2.75) is 37.9 Å². The summed E-state index contributed by atoms with van der Waals surface area (Å²) >= 11 is 0. The number of azide groups is 2. The van der Waals surface area contributed by atoms with Crippen LogP contribution in [0.3, 0.4) is 0 Å². The van der Waals surface area contributed by atoms with Gasteiger partial charge in [-0.2, -0.15) is 0 Å². The molecule has 0 aliphatic carbocycles. The summed E-state index contributed by atoms with van der Waals surface area (Å²) in [5.41, 5.74) is 18.7. The zero-order valence-corrected chi connectivity index (χ0v) is 14.1. The normalized spacial score (nSPS) is 22.7. The van der Waals surface area contributed by atoms with Crippen LogP contribution < -0.4 is 0 Å². The third kappa shape index (κ3) is 3.53. The first kappa shape index (κ1) is 17.1. The summed E-state index contributed by atoms with van der Waals surface area (Å²) in [4.78, 5) is 22.9. The molecule has 9 heteroatoms. The summed E-state index contributed by atoms with van der Waals surface area (Å²) in [7, 11) is 2.11. The molecule has 0 radical (unpaired) electrons. The lowest BCUT2D eigenvalue weighted by molar-refractivity contribution is 0.0543. The Labute approximate surface area is 145 Å². The largest absolute Gasteiger partial charge is 0.334 e. The molecule has 0 N–H and O–H groups in total. The number of piperidine rings is 1. The molecule has 0 aromatic heterocycles. The number of likely N-dealkylation sites (N-methyl/N-ethyl adjacent to an activating group) is 1. The standard InChI is InChI=1S/C16H20N8O/c1-23-6-4-15-14(23)3-2-5-24(15)16(25)12-7-11(10-19-21-17)8-13(9-12)20-22-18/h7-9,14-15H,2-6,10H2,1H3/t14-,15-/m1/s1. The van der Waals surface area contributed by atoms with E-state index in [1.54, 1.807) is 18.2 Å². The molecule has 0 saturated carbocycles. The topological polar surface area (TPSA) is 121 Å². The first-order valence-corrected chi connectivity index (χ1v) is 8.35. The van der Waals surface area contributed by atoms with Crippen LogP contribution in [0.4, 0.5) is 5.69 Å². The highest BCUT2D eigenvalue weighted by atomic mass is 16.2. The van der Waals surface area contributed by atoms with Crippen LogP contribution in [-0.2, 0) is 6.54 Å². The van der Waals surface area contributed by atoms with Crippen LogP contribution in [0.1, 0.15) is 35.2 Å². The van der Waals surface area contributed by atoms with Gasteiger partial charge in [0.25, 0.3) is 5.91 Å². The Bertz CT molecular complexity index is 765. The lowest BCUT2D eigenvalue weighted by atomic mass is 9.95. The van der Waals surface area contributed by atoms with E-state index < -0.39 is 0 Å². The predicted octanol–water partition coefficient (Wildman–Crippen LogP) is 3.75. The number of carbonyl (C=O) groups is 1. The molecule has 2 aliphatic rings. The number of benzene rings is 1. The first-order valence-electron chi connectivity index (χ1n) is 8.35. The van der Waals surface area contributed by atoms with Crippen molar-refractivity contribution in [1.82, 2.24) is 9.80 Å². The van der Waals surface area contributed by atoms with Gasteiger partial charge in [-0.15, -0.1) is 0 Å². The van der Waals surface area contributed by atoms with E-state index >= 15 is 0 Å². The van der Waals surface area contributed by atoms with Gasteiger partial charge in [0.15, 0.2) is 0 Å². The third-order valence-corrected chi connectivity index (χ3v) is 5.05. The van der Waals surface area contributed by atoms with E-state index in [-0.39, 0.29) is 18.5 Å². The molecule has 130 valence electrons. The number of carbonyl (C=O) groups excluding carboxylic acids is 1. The van der Waals surface area contributed by atoms with Crippen LogP contribution in [0.15, 0.2) is 28.4 Å². The summed E-state index contributed by atoms with van der Waals surface area (Å²) in [6, 6.07) is 5.60. The zero-order valence-electron chi connectivity index (χ0n) is 14.1. The van der Waals surface area contributed by atoms with E-state index in [1.165, 1.54) is 0 Å². The molecule has 1 amide bonds. The number of likely N-dealkylation sites (tertiary alicyclic amines) is 2. The maximum absolute atomic E-state index is 13.1. The Morgan fingerprint density at radius 2 is 2.04 bits per heavy atom. The fourth-order valence-electron chi connectivity index (χ4n) is 3.93. The van der Waals surface area contributed by atoms with Gasteiger partial charge in [-0.25, -0.2) is 0 Å². The fourth-order valence-corrected chi connectivity index (χ4v) is 3.93. The van der Waals surface area contributed by atoms with E-state index in [0.717, 1.165) is 32.4 Å². The van der Waals surface area contributed by atoms with E-state index in [4.69, 9.17) is 11.1 Å². The zero-order chi connectivity index (χ0) is 17.8. The quantitative estimate of drug-likeness (QED) is 0.471. The molecule has 2 aliphatic heterocycles. The van der Waals surface area contributed by atoms with E-state index in [9.17, 15) is 4.79 Å². The van der Waals surface area contributed by atoms with Gasteiger partial charge in [-0.1, -0.05) is 10.2 Å². The van der Waals surface area contributed by atoms with Gasteiger partial charge in [-0.3, -0.25) is 4.79 Å². The molecule has 0 spiro atoms. The van der Waals surface area contributed by atoms with Crippen molar-refractivity contribution in [2.75, 3.05) is 20.1 Å². The van der Waals surface area contributed by atoms with Crippen molar-refractivity contribution >= 4 is 11.6 Å². The molecule has 0 bridgehead atoms. The van der Waals surface area contributed by atoms with Crippen molar-refractivity contribution in [1.29, 1.82) is 0 Å². The molecule has 2 atom stereocenters. The van der Waals surface area contributed by atoms with Crippen LogP contribution >= 0.6 is 0 Å². The fraction of sp³-hybridized carbons (Fsp3) is 0.562. The van der Waals surface area contributed by atoms with Crippen LogP contribution in [0, 0.1) is 0 Å². The number of amides is 1. The monoisotopic (exact) mass is 340 g/mol. The molecule has 1 aromatic rings. The second kappa shape index (κ2) is 7.44. The van der Waals surface area contributed by atoms with Gasteiger partial charge in [0, 0.05) is 46.2 Å². The second-order valence-corrected chi connectivity index (χ2v) is 6.51. The van der Waals surface area contributed by atoms with Gasteiger partial charge in [0.2, 0.25) is 0 Å². The Hall–Kier alpha value is -2.73. The third-order valence-electron chi connectivity index (χ3n) is 5.05. The lowest BCUT2D eigenvalue weighted by Crippen LogP contribution is -2.51. The Balaban J connectivity index is 1.91. The highest BCUT2D eigenvalue weighted by molar-refractivity contribution is 5.95. The van der Waals surface area contributed by atoms with Crippen LogP contribution in [0.2, 0.25) is 0 Å². The van der Waals surface area contributed by atoms with Crippen molar-refractivity contribution in [3.63, 3.8) is 0 Å². The molecule has 2 fully saturated rings. The maximum Gasteiger partial charge on any atom is 0.254 e. The number of nitrogens with zero attached hydrogens (tertiary/aromatic N) is 8. The second-order valence-electron chi connectivity index (χ2n) is 6.51. The van der Waals surface area contributed by atoms with E-state index in [1.807, 2.05) is 4.90 Å². The van der Waals surface area contributed by atoms with Crippen LogP contribution in [-0.4, -0.2) is 47.9 Å². The molecule has 25 heavy (non-hydrogen) atoms. The van der Waals surface area contributed by atoms with Crippen molar-refractivity contribution < 1.29 is 4.79 Å². The van der Waals surface area contributed by atoms with E-state index in [2.05, 4.69) is 32.0 Å². The van der Waals surface area contributed by atoms with Gasteiger partial charge in [0.05, 0.1) is 6.54 Å². The maximum atomic E-state index is 13.1. The molecule has 9 nitrogen and oxygen atoms in total. The van der Waals surface area contributed by atoms with E-state index in [0.29, 0.717) is 22.9 Å². The van der Waals surface area contributed by atoms with Gasteiger partial charge >= 0.3 is 0 Å². The predicted molar refractivity (Wildman–Crippen MR) is 93.2 cm³/mol. The van der Waals surface area contributed by atoms with Crippen LogP contribution in [0.25, 0.3) is 20.9 Å². The molecule has 1 aromatic carbocycles. The smallest absolute Gasteiger partial charge is 0.254 e. The molecular weight excluding hydrogens is 320 g/mol. The minimum Gasteiger partial charge on any atom is -0.334 e. The lowest BCUT2D eigenvalue weighted by Gasteiger charge is -2.39. The van der Waals surface area contributed by atoms with Crippen molar-refractivity contribution in [3.05, 3.63) is 50.2 Å². The Kier molecular flexibility index (Phi) is 5.09.